The van der Waals surface area contributed by atoms with Crippen LogP contribution in [0.25, 0.3) is 5.57 Å². The van der Waals surface area contributed by atoms with E-state index in [0.717, 1.165) is 56.9 Å². The highest BCUT2D eigenvalue weighted by atomic mass is 32.2. The predicted octanol–water partition coefficient (Wildman–Crippen LogP) is 4.16. The molecule has 1 aromatic carbocycles. The Labute approximate surface area is 148 Å². The number of hydrogen-bond donors (Lipinski definition) is 1. The number of benzene rings is 1. The van der Waals surface area contributed by atoms with Crippen molar-refractivity contribution >= 4 is 21.4 Å². The van der Waals surface area contributed by atoms with Crippen LogP contribution in [-0.2, 0) is 14.6 Å². The summed E-state index contributed by atoms with van der Waals surface area (Å²) >= 11 is 0. The lowest BCUT2D eigenvalue weighted by molar-refractivity contribution is -0.130. The largest absolute Gasteiger partial charge is 0.478 e. The van der Waals surface area contributed by atoms with Crippen molar-refractivity contribution in [1.29, 1.82) is 0 Å². The molecular formula is C20H24O4S. The Kier molecular flexibility index (Phi) is 4.22. The molecule has 3 aliphatic carbocycles. The van der Waals surface area contributed by atoms with Gasteiger partial charge in [-0.15, -0.1) is 0 Å². The van der Waals surface area contributed by atoms with Crippen LogP contribution in [-0.4, -0.2) is 24.7 Å². The summed E-state index contributed by atoms with van der Waals surface area (Å²) < 4.78 is 25.4. The van der Waals surface area contributed by atoms with E-state index in [-0.39, 0.29) is 11.2 Å². The van der Waals surface area contributed by atoms with Gasteiger partial charge in [0.1, 0.15) is 0 Å². The van der Waals surface area contributed by atoms with E-state index in [1.165, 1.54) is 0 Å². The highest BCUT2D eigenvalue weighted by Crippen LogP contribution is 2.46. The number of carboxylic acids is 1. The summed E-state index contributed by atoms with van der Waals surface area (Å²) in [7, 11) is -3.25. The number of rotatable bonds is 6. The molecule has 0 spiro atoms. The van der Waals surface area contributed by atoms with Gasteiger partial charge >= 0.3 is 5.97 Å². The number of carbonyl (C=O) groups is 1. The first kappa shape index (κ1) is 16.8. The fourth-order valence-electron chi connectivity index (χ4n) is 3.90. The monoisotopic (exact) mass is 360 g/mol. The first-order valence-electron chi connectivity index (χ1n) is 9.30. The zero-order valence-corrected chi connectivity index (χ0v) is 15.1. The second kappa shape index (κ2) is 6.27. The summed E-state index contributed by atoms with van der Waals surface area (Å²) in [5.41, 5.74) is 1.81. The van der Waals surface area contributed by atoms with Gasteiger partial charge in [-0.25, -0.2) is 13.2 Å². The number of allylic oxidation sites excluding steroid dienone is 1. The molecule has 0 aliphatic heterocycles. The second-order valence-corrected chi connectivity index (χ2v) is 9.90. The van der Waals surface area contributed by atoms with Gasteiger partial charge in [-0.05, 0) is 73.6 Å². The number of aliphatic carboxylic acids is 1. The summed E-state index contributed by atoms with van der Waals surface area (Å²) in [5, 5.41) is 9.44. The van der Waals surface area contributed by atoms with Gasteiger partial charge in [-0.1, -0.05) is 25.0 Å². The summed E-state index contributed by atoms with van der Waals surface area (Å²) in [6.45, 7) is 0. The molecule has 0 saturated heterocycles. The number of carboxylic acid groups (broad SMARTS) is 1. The van der Waals surface area contributed by atoms with Crippen LogP contribution in [0.2, 0.25) is 0 Å². The Balaban J connectivity index is 1.75. The van der Waals surface area contributed by atoms with Crippen molar-refractivity contribution in [2.45, 2.75) is 67.4 Å². The van der Waals surface area contributed by atoms with Gasteiger partial charge in [0.05, 0.1) is 15.7 Å². The molecule has 0 atom stereocenters. The van der Waals surface area contributed by atoms with E-state index in [2.05, 4.69) is 0 Å². The molecule has 134 valence electrons. The van der Waals surface area contributed by atoms with E-state index in [1.807, 2.05) is 12.1 Å². The molecule has 5 heteroatoms. The van der Waals surface area contributed by atoms with Crippen LogP contribution in [0.1, 0.15) is 68.4 Å². The van der Waals surface area contributed by atoms with Crippen LogP contribution in [0.5, 0.6) is 0 Å². The SMILES string of the molecule is O=C(O)/C(=C/C1CCCC1)c1ccc(S(=O)(=O)C2CC2)c(C2CC2)c1. The fraction of sp³-hybridized carbons (Fsp3) is 0.550. The van der Waals surface area contributed by atoms with E-state index in [1.54, 1.807) is 12.1 Å². The molecular weight excluding hydrogens is 336 g/mol. The third kappa shape index (κ3) is 3.39. The van der Waals surface area contributed by atoms with Crippen molar-refractivity contribution in [3.63, 3.8) is 0 Å². The molecule has 1 N–H and O–H groups in total. The molecule has 0 unspecified atom stereocenters. The molecule has 3 aliphatic rings. The highest BCUT2D eigenvalue weighted by Gasteiger charge is 2.40. The molecule has 3 fully saturated rings. The van der Waals surface area contributed by atoms with Gasteiger partial charge in [0.25, 0.3) is 0 Å². The van der Waals surface area contributed by atoms with Crippen LogP contribution in [0.4, 0.5) is 0 Å². The summed E-state index contributed by atoms with van der Waals surface area (Å²) in [5.74, 6) is -0.332. The third-order valence-electron chi connectivity index (χ3n) is 5.64. The average Bonchev–Trinajstić information content (AvgIpc) is 3.49. The summed E-state index contributed by atoms with van der Waals surface area (Å²) in [6, 6.07) is 5.18. The highest BCUT2D eigenvalue weighted by molar-refractivity contribution is 7.92. The molecule has 1 aromatic rings. The summed E-state index contributed by atoms with van der Waals surface area (Å²) in [6.07, 6.45) is 9.75. The minimum Gasteiger partial charge on any atom is -0.478 e. The predicted molar refractivity (Wildman–Crippen MR) is 96.2 cm³/mol. The normalized spacial score (nSPS) is 22.3. The number of hydrogen-bond acceptors (Lipinski definition) is 3. The Morgan fingerprint density at radius 3 is 2.28 bits per heavy atom. The van der Waals surface area contributed by atoms with Gasteiger partial charge in [0.2, 0.25) is 0 Å². The molecule has 0 amide bonds. The van der Waals surface area contributed by atoms with Gasteiger partial charge in [-0.3, -0.25) is 0 Å². The first-order chi connectivity index (χ1) is 12.0. The molecule has 0 aromatic heterocycles. The van der Waals surface area contributed by atoms with Gasteiger partial charge in [0, 0.05) is 0 Å². The van der Waals surface area contributed by atoms with Crippen molar-refractivity contribution in [2.24, 2.45) is 5.92 Å². The first-order valence-corrected chi connectivity index (χ1v) is 10.8. The van der Waals surface area contributed by atoms with Crippen molar-refractivity contribution in [3.05, 3.63) is 35.4 Å². The Morgan fingerprint density at radius 2 is 1.72 bits per heavy atom. The smallest absolute Gasteiger partial charge is 0.335 e. The lowest BCUT2D eigenvalue weighted by Crippen LogP contribution is -2.11. The Morgan fingerprint density at radius 1 is 1.04 bits per heavy atom. The molecule has 0 radical (unpaired) electrons. The number of sulfone groups is 1. The maximum atomic E-state index is 12.7. The zero-order chi connectivity index (χ0) is 17.6. The summed E-state index contributed by atoms with van der Waals surface area (Å²) in [4.78, 5) is 12.2. The maximum absolute atomic E-state index is 12.7. The minimum absolute atomic E-state index is 0.233. The molecule has 3 saturated carbocycles. The van der Waals surface area contributed by atoms with Crippen LogP contribution in [0.15, 0.2) is 29.2 Å². The van der Waals surface area contributed by atoms with Crippen molar-refractivity contribution in [3.8, 4) is 0 Å². The molecule has 0 heterocycles. The van der Waals surface area contributed by atoms with E-state index >= 15 is 0 Å². The lowest BCUT2D eigenvalue weighted by Gasteiger charge is -2.13. The quantitative estimate of drug-likeness (QED) is 0.773. The third-order valence-corrected chi connectivity index (χ3v) is 7.97. The maximum Gasteiger partial charge on any atom is 0.335 e. The minimum atomic E-state index is -3.25. The zero-order valence-electron chi connectivity index (χ0n) is 14.3. The van der Waals surface area contributed by atoms with Crippen LogP contribution in [0, 0.1) is 5.92 Å². The standard InChI is InChI=1S/C20H24O4S/c21-20(22)18(11-13-3-1-2-4-13)15-7-10-19(17(12-15)14-5-6-14)25(23,24)16-8-9-16/h7,10-14,16H,1-6,8-9H2,(H,21,22)/b18-11+. The molecule has 25 heavy (non-hydrogen) atoms. The van der Waals surface area contributed by atoms with Gasteiger partial charge in [0.15, 0.2) is 9.84 Å². The van der Waals surface area contributed by atoms with Crippen molar-refractivity contribution in [2.75, 3.05) is 0 Å². The lowest BCUT2D eigenvalue weighted by atomic mass is 9.96. The molecule has 4 nitrogen and oxygen atoms in total. The Bertz CT molecular complexity index is 823. The van der Waals surface area contributed by atoms with E-state index < -0.39 is 15.8 Å². The van der Waals surface area contributed by atoms with E-state index in [0.29, 0.717) is 21.9 Å². The van der Waals surface area contributed by atoms with E-state index in [4.69, 9.17) is 0 Å². The van der Waals surface area contributed by atoms with Gasteiger partial charge in [-0.2, -0.15) is 0 Å². The fourth-order valence-corrected chi connectivity index (χ4v) is 5.82. The van der Waals surface area contributed by atoms with Crippen LogP contribution in [0.3, 0.4) is 0 Å². The van der Waals surface area contributed by atoms with Gasteiger partial charge < -0.3 is 5.11 Å². The topological polar surface area (TPSA) is 71.4 Å². The Hall–Kier alpha value is -1.62. The van der Waals surface area contributed by atoms with Crippen LogP contribution < -0.4 is 0 Å². The second-order valence-electron chi connectivity index (χ2n) is 7.70. The van der Waals surface area contributed by atoms with E-state index in [9.17, 15) is 18.3 Å². The molecule has 0 bridgehead atoms. The van der Waals surface area contributed by atoms with Crippen LogP contribution >= 0.6 is 0 Å². The average molecular weight is 360 g/mol. The van der Waals surface area contributed by atoms with Crippen molar-refractivity contribution < 1.29 is 18.3 Å². The molecule has 4 rings (SSSR count). The van der Waals surface area contributed by atoms with Crippen molar-refractivity contribution in [1.82, 2.24) is 0 Å².